The molecule has 0 heterocycles. The molecule has 0 amide bonds. The van der Waals surface area contributed by atoms with Gasteiger partial charge in [0.1, 0.15) is 0 Å². The summed E-state index contributed by atoms with van der Waals surface area (Å²) in [4.78, 5) is 8.84. The number of nitriles is 1. The largest absolute Gasteiger partial charge is 0.434 e. The molecular formula is C2NO2. The molecule has 0 aromatic heterocycles. The first kappa shape index (κ1) is 3.96. The molecule has 0 rings (SSSR count). The van der Waals surface area contributed by atoms with Crippen molar-refractivity contribution in [3.8, 4) is 6.26 Å². The number of rotatable bonds is 1. The molecule has 0 atom stereocenters. The van der Waals surface area contributed by atoms with Crippen molar-refractivity contribution in [2.75, 3.05) is 0 Å². The van der Waals surface area contributed by atoms with Crippen LogP contribution in [0, 0.1) is 11.5 Å². The van der Waals surface area contributed by atoms with Crippen LogP contribution in [0.1, 0.15) is 0 Å². The average Bonchev–Trinajstić information content (AvgIpc) is 1.41. The van der Waals surface area contributed by atoms with E-state index in [0.717, 1.165) is 12.7 Å². The Morgan fingerprint density at radius 2 is 2.40 bits per heavy atom. The van der Waals surface area contributed by atoms with Crippen molar-refractivity contribution in [2.45, 2.75) is 0 Å². The molecule has 0 unspecified atom stereocenters. The maximum absolute atomic E-state index is 8.84. The highest BCUT2D eigenvalue weighted by molar-refractivity contribution is 5.39. The van der Waals surface area contributed by atoms with Crippen LogP contribution < -0.4 is 0 Å². The van der Waals surface area contributed by atoms with Gasteiger partial charge in [0.25, 0.3) is 6.26 Å². The molecule has 0 bridgehead atoms. The topological polar surface area (TPSA) is 50.1 Å². The zero-order chi connectivity index (χ0) is 4.12. The van der Waals surface area contributed by atoms with E-state index in [0.29, 0.717) is 0 Å². The van der Waals surface area contributed by atoms with E-state index in [-0.39, 0.29) is 0 Å². The van der Waals surface area contributed by atoms with Gasteiger partial charge in [-0.05, 0) is 0 Å². The number of ether oxygens (including phenoxy) is 1. The van der Waals surface area contributed by atoms with Gasteiger partial charge in [-0.15, -0.1) is 5.26 Å². The lowest BCUT2D eigenvalue weighted by molar-refractivity contribution is 0.414. The van der Waals surface area contributed by atoms with Crippen molar-refractivity contribution < 1.29 is 9.53 Å². The molecule has 0 aliphatic carbocycles. The van der Waals surface area contributed by atoms with Crippen LogP contribution in [-0.4, -0.2) is 6.47 Å². The standard InChI is InChI=1S/C2NO2/c3-1-5-2-4. The molecule has 0 N–H and O–H groups in total. The van der Waals surface area contributed by atoms with Crippen LogP contribution in [0.5, 0.6) is 0 Å². The van der Waals surface area contributed by atoms with E-state index in [9.17, 15) is 0 Å². The second-order valence-electron chi connectivity index (χ2n) is 0.277. The van der Waals surface area contributed by atoms with Crippen LogP contribution in [0.25, 0.3) is 0 Å². The maximum Gasteiger partial charge on any atom is 0.434 e. The predicted molar refractivity (Wildman–Crippen MR) is 12.4 cm³/mol. The highest BCUT2D eigenvalue weighted by Crippen LogP contribution is 1.46. The van der Waals surface area contributed by atoms with Crippen molar-refractivity contribution in [3.63, 3.8) is 0 Å². The fraction of sp³-hybridized carbons (Fsp3) is 0. The van der Waals surface area contributed by atoms with Crippen LogP contribution in [0.15, 0.2) is 0 Å². The van der Waals surface area contributed by atoms with Crippen LogP contribution in [0.4, 0.5) is 0 Å². The fourth-order valence-corrected chi connectivity index (χ4v) is 0.0186. The van der Waals surface area contributed by atoms with Crippen LogP contribution in [-0.2, 0) is 9.53 Å². The Balaban J connectivity index is 2.75. The molecular weight excluding hydrogens is 70.0 g/mol. The normalized spacial score (nSPS) is 4.60. The van der Waals surface area contributed by atoms with Gasteiger partial charge in [-0.2, -0.15) is 0 Å². The van der Waals surface area contributed by atoms with E-state index >= 15 is 0 Å². The lowest BCUT2D eigenvalue weighted by Gasteiger charge is -1.57. The fourth-order valence-electron chi connectivity index (χ4n) is 0.0186. The summed E-state index contributed by atoms with van der Waals surface area (Å²) in [6.45, 7) is 0.906. The van der Waals surface area contributed by atoms with Gasteiger partial charge < -0.3 is 4.74 Å². The minimum atomic E-state index is 0.906. The first-order valence-corrected chi connectivity index (χ1v) is 0.836. The molecule has 0 saturated heterocycles. The Hall–Kier alpha value is -1.04. The summed E-state index contributed by atoms with van der Waals surface area (Å²) in [5.41, 5.74) is 0. The Morgan fingerprint density at radius 3 is 2.40 bits per heavy atom. The summed E-state index contributed by atoms with van der Waals surface area (Å²) in [7, 11) is 0. The second-order valence-corrected chi connectivity index (χ2v) is 0.277. The van der Waals surface area contributed by atoms with Crippen molar-refractivity contribution >= 4 is 6.47 Å². The van der Waals surface area contributed by atoms with Gasteiger partial charge in [-0.1, -0.05) is 0 Å². The van der Waals surface area contributed by atoms with E-state index in [1.54, 1.807) is 0 Å². The van der Waals surface area contributed by atoms with Gasteiger partial charge in [0, 0.05) is 0 Å². The summed E-state index contributed by atoms with van der Waals surface area (Å²) >= 11 is 0. The van der Waals surface area contributed by atoms with E-state index in [1.807, 2.05) is 0 Å². The molecule has 0 spiro atoms. The van der Waals surface area contributed by atoms with Gasteiger partial charge in [-0.3, -0.25) is 0 Å². The third-order valence-corrected chi connectivity index (χ3v) is 0.0873. The van der Waals surface area contributed by atoms with Gasteiger partial charge in [-0.25, -0.2) is 4.79 Å². The first-order valence-electron chi connectivity index (χ1n) is 0.836. The highest BCUT2D eigenvalue weighted by Gasteiger charge is 1.62. The number of carbonyl (C=O) groups excluding carboxylic acids is 1. The van der Waals surface area contributed by atoms with E-state index in [1.165, 1.54) is 0 Å². The smallest absolute Gasteiger partial charge is 0.342 e. The summed E-state index contributed by atoms with van der Waals surface area (Å²) < 4.78 is 3.33. The van der Waals surface area contributed by atoms with E-state index in [4.69, 9.17) is 10.1 Å². The zero-order valence-corrected chi connectivity index (χ0v) is 2.26. The molecule has 1 radical (unpaired) electrons. The third-order valence-electron chi connectivity index (χ3n) is 0.0873. The lowest BCUT2D eigenvalue weighted by atomic mass is 11.5. The summed E-state index contributed by atoms with van der Waals surface area (Å²) in [5.74, 6) is 0. The highest BCUT2D eigenvalue weighted by atomic mass is 16.5. The van der Waals surface area contributed by atoms with Gasteiger partial charge in [0.2, 0.25) is 0 Å². The number of nitrogens with zero attached hydrogens (tertiary/aromatic N) is 1. The zero-order valence-electron chi connectivity index (χ0n) is 2.26. The molecule has 0 aliphatic rings. The van der Waals surface area contributed by atoms with Crippen molar-refractivity contribution in [1.82, 2.24) is 0 Å². The molecule has 25 valence electrons. The van der Waals surface area contributed by atoms with Crippen molar-refractivity contribution in [1.29, 1.82) is 5.26 Å². The molecule has 3 heteroatoms. The number of hydrogen-bond donors (Lipinski definition) is 0. The van der Waals surface area contributed by atoms with Crippen LogP contribution >= 0.6 is 0 Å². The van der Waals surface area contributed by atoms with Gasteiger partial charge >= 0.3 is 6.47 Å². The Bertz CT molecular complexity index is 62.5. The Kier molecular flexibility index (Phi) is 2.34. The van der Waals surface area contributed by atoms with Crippen molar-refractivity contribution in [3.05, 3.63) is 0 Å². The minimum absolute atomic E-state index is 0.906. The quantitative estimate of drug-likeness (QED) is 0.392. The molecule has 0 fully saturated rings. The first-order chi connectivity index (χ1) is 2.41. The monoisotopic (exact) mass is 70.0 g/mol. The molecule has 0 aromatic rings. The van der Waals surface area contributed by atoms with Crippen LogP contribution in [0.3, 0.4) is 0 Å². The van der Waals surface area contributed by atoms with Gasteiger partial charge in [0.15, 0.2) is 0 Å². The Morgan fingerprint density at radius 1 is 1.80 bits per heavy atom. The second kappa shape index (κ2) is 2.96. The SMILES string of the molecule is N#CO[C]=O. The molecule has 0 aromatic carbocycles. The van der Waals surface area contributed by atoms with Crippen molar-refractivity contribution in [2.24, 2.45) is 0 Å². The molecule has 3 nitrogen and oxygen atoms in total. The summed E-state index contributed by atoms with van der Waals surface area (Å²) in [6.07, 6.45) is 1.09. The minimum Gasteiger partial charge on any atom is -0.342 e. The van der Waals surface area contributed by atoms with E-state index in [2.05, 4.69) is 4.74 Å². The Labute approximate surface area is 28.8 Å². The predicted octanol–water partition coefficient (Wildman–Crippen LogP) is -0.449. The molecule has 0 aliphatic heterocycles. The van der Waals surface area contributed by atoms with E-state index < -0.39 is 0 Å². The third kappa shape index (κ3) is 2.96. The van der Waals surface area contributed by atoms with Gasteiger partial charge in [0.05, 0.1) is 0 Å². The van der Waals surface area contributed by atoms with Crippen LogP contribution in [0.2, 0.25) is 0 Å². The molecule has 5 heavy (non-hydrogen) atoms. The summed E-state index contributed by atoms with van der Waals surface area (Å²) in [5, 5.41) is 7.33. The average molecular weight is 70.0 g/mol. The number of hydrogen-bond acceptors (Lipinski definition) is 3. The lowest BCUT2D eigenvalue weighted by Crippen LogP contribution is -1.67. The molecule has 0 saturated carbocycles. The summed E-state index contributed by atoms with van der Waals surface area (Å²) in [6, 6.07) is 0. The maximum atomic E-state index is 8.84.